The SMILES string of the molecule is CC(C)(C)OC(=O)N1CCC2(CCc3cc(Br)cnc32)C1. The topological polar surface area (TPSA) is 42.4 Å². The second kappa shape index (κ2) is 4.97. The molecule has 1 aliphatic heterocycles. The maximum absolute atomic E-state index is 12.2. The number of halogens is 1. The number of carbonyl (C=O) groups is 1. The smallest absolute Gasteiger partial charge is 0.410 e. The Morgan fingerprint density at radius 1 is 1.43 bits per heavy atom. The van der Waals surface area contributed by atoms with Crippen molar-refractivity contribution >= 4 is 22.0 Å². The molecule has 2 heterocycles. The number of fused-ring (bicyclic) bond motifs is 2. The molecule has 0 bridgehead atoms. The standard InChI is InChI=1S/C16H21BrN2O2/c1-15(2,3)21-14(20)19-7-6-16(10-19)5-4-11-8-12(17)9-18-13(11)16/h8-9H,4-7,10H2,1-3H3. The molecule has 5 heteroatoms. The van der Waals surface area contributed by atoms with Crippen molar-refractivity contribution < 1.29 is 9.53 Å². The Morgan fingerprint density at radius 3 is 2.90 bits per heavy atom. The van der Waals surface area contributed by atoms with E-state index >= 15 is 0 Å². The number of nitrogens with zero attached hydrogens (tertiary/aromatic N) is 2. The highest BCUT2D eigenvalue weighted by atomic mass is 79.9. The van der Waals surface area contributed by atoms with Crippen molar-refractivity contribution in [3.05, 3.63) is 28.0 Å². The predicted molar refractivity (Wildman–Crippen MR) is 84.4 cm³/mol. The highest BCUT2D eigenvalue weighted by Crippen LogP contribution is 2.45. The molecular weight excluding hydrogens is 332 g/mol. The number of aryl methyl sites for hydroxylation is 1. The number of carbonyl (C=O) groups excluding carboxylic acids is 1. The van der Waals surface area contributed by atoms with E-state index in [1.807, 2.05) is 31.9 Å². The van der Waals surface area contributed by atoms with E-state index in [9.17, 15) is 4.79 Å². The van der Waals surface area contributed by atoms with Crippen molar-refractivity contribution in [2.45, 2.75) is 51.0 Å². The van der Waals surface area contributed by atoms with Crippen molar-refractivity contribution in [3.63, 3.8) is 0 Å². The quantitative estimate of drug-likeness (QED) is 0.715. The van der Waals surface area contributed by atoms with Crippen LogP contribution in [0.3, 0.4) is 0 Å². The molecule has 1 saturated heterocycles. The molecule has 1 amide bonds. The summed E-state index contributed by atoms with van der Waals surface area (Å²) in [7, 11) is 0. The zero-order valence-electron chi connectivity index (χ0n) is 12.8. The van der Waals surface area contributed by atoms with Gasteiger partial charge in [-0.3, -0.25) is 4.98 Å². The lowest BCUT2D eigenvalue weighted by molar-refractivity contribution is 0.0284. The molecule has 0 aromatic carbocycles. The fourth-order valence-corrected chi connectivity index (χ4v) is 3.77. The molecule has 1 aliphatic carbocycles. The van der Waals surface area contributed by atoms with E-state index in [1.54, 1.807) is 0 Å². The van der Waals surface area contributed by atoms with E-state index in [4.69, 9.17) is 4.74 Å². The lowest BCUT2D eigenvalue weighted by atomic mass is 9.84. The number of likely N-dealkylation sites (tertiary alicyclic amines) is 1. The fraction of sp³-hybridized carbons (Fsp3) is 0.625. The van der Waals surface area contributed by atoms with Gasteiger partial charge >= 0.3 is 6.09 Å². The van der Waals surface area contributed by atoms with Crippen molar-refractivity contribution in [3.8, 4) is 0 Å². The summed E-state index contributed by atoms with van der Waals surface area (Å²) in [6, 6.07) is 2.16. The van der Waals surface area contributed by atoms with E-state index in [2.05, 4.69) is 27.0 Å². The second-order valence-corrected chi connectivity index (χ2v) is 8.01. The Hall–Kier alpha value is -1.10. The molecular formula is C16H21BrN2O2. The minimum atomic E-state index is -0.441. The summed E-state index contributed by atoms with van der Waals surface area (Å²) in [4.78, 5) is 18.7. The molecule has 0 saturated carbocycles. The molecule has 1 fully saturated rings. The Kier molecular flexibility index (Phi) is 3.51. The summed E-state index contributed by atoms with van der Waals surface area (Å²) in [5.74, 6) is 0. The minimum Gasteiger partial charge on any atom is -0.444 e. The fourth-order valence-electron chi connectivity index (χ4n) is 3.39. The summed E-state index contributed by atoms with van der Waals surface area (Å²) >= 11 is 3.48. The van der Waals surface area contributed by atoms with E-state index in [0.29, 0.717) is 0 Å². The maximum atomic E-state index is 12.2. The van der Waals surface area contributed by atoms with Crippen LogP contribution in [0.4, 0.5) is 4.79 Å². The van der Waals surface area contributed by atoms with E-state index in [0.717, 1.165) is 36.8 Å². The first-order valence-corrected chi connectivity index (χ1v) is 8.21. The lowest BCUT2D eigenvalue weighted by Gasteiger charge is -2.27. The predicted octanol–water partition coefficient (Wildman–Crippen LogP) is 3.67. The number of ether oxygens (including phenoxy) is 1. The Balaban J connectivity index is 1.78. The molecule has 2 aliphatic rings. The Morgan fingerprint density at radius 2 is 2.19 bits per heavy atom. The normalized spacial score (nSPS) is 24.5. The van der Waals surface area contributed by atoms with Crippen LogP contribution in [-0.4, -0.2) is 34.7 Å². The molecule has 114 valence electrons. The van der Waals surface area contributed by atoms with Gasteiger partial charge in [-0.2, -0.15) is 0 Å². The molecule has 4 nitrogen and oxygen atoms in total. The van der Waals surface area contributed by atoms with Gasteiger partial charge in [-0.1, -0.05) is 0 Å². The van der Waals surface area contributed by atoms with Gasteiger partial charge in [0.1, 0.15) is 5.60 Å². The summed E-state index contributed by atoms with van der Waals surface area (Å²) in [5, 5.41) is 0. The van der Waals surface area contributed by atoms with Gasteiger partial charge in [0, 0.05) is 29.2 Å². The lowest BCUT2D eigenvalue weighted by Crippen LogP contribution is -2.37. The van der Waals surface area contributed by atoms with E-state index < -0.39 is 5.60 Å². The average molecular weight is 353 g/mol. The first-order chi connectivity index (χ1) is 9.79. The van der Waals surface area contributed by atoms with Crippen molar-refractivity contribution in [1.29, 1.82) is 0 Å². The van der Waals surface area contributed by atoms with Crippen LogP contribution < -0.4 is 0 Å². The van der Waals surface area contributed by atoms with Crippen molar-refractivity contribution in [2.75, 3.05) is 13.1 Å². The largest absolute Gasteiger partial charge is 0.444 e. The van der Waals surface area contributed by atoms with Crippen LogP contribution in [0.5, 0.6) is 0 Å². The number of hydrogen-bond donors (Lipinski definition) is 0. The van der Waals surface area contributed by atoms with Gasteiger partial charge < -0.3 is 9.64 Å². The number of amides is 1. The number of rotatable bonds is 0. The molecule has 1 atom stereocenters. The van der Waals surface area contributed by atoms with Crippen molar-refractivity contribution in [1.82, 2.24) is 9.88 Å². The monoisotopic (exact) mass is 352 g/mol. The molecule has 21 heavy (non-hydrogen) atoms. The van der Waals surface area contributed by atoms with Crippen LogP contribution in [0.25, 0.3) is 0 Å². The third kappa shape index (κ3) is 2.80. The van der Waals surface area contributed by atoms with Gasteiger partial charge in [0.2, 0.25) is 0 Å². The molecule has 0 N–H and O–H groups in total. The first kappa shape index (κ1) is 14.8. The summed E-state index contributed by atoms with van der Waals surface area (Å²) in [6.07, 6.45) is 4.76. The summed E-state index contributed by atoms with van der Waals surface area (Å²) < 4.78 is 6.52. The molecule has 1 aromatic heterocycles. The van der Waals surface area contributed by atoms with Crippen LogP contribution in [0.15, 0.2) is 16.7 Å². The molecule has 1 unspecified atom stereocenters. The Bertz CT molecular complexity index is 582. The van der Waals surface area contributed by atoms with E-state index in [-0.39, 0.29) is 11.5 Å². The molecule has 1 aromatic rings. The third-order valence-corrected chi connectivity index (χ3v) is 4.75. The van der Waals surface area contributed by atoms with Crippen molar-refractivity contribution in [2.24, 2.45) is 0 Å². The van der Waals surface area contributed by atoms with Crippen LogP contribution in [0.1, 0.15) is 44.9 Å². The maximum Gasteiger partial charge on any atom is 0.410 e. The number of hydrogen-bond acceptors (Lipinski definition) is 3. The summed E-state index contributed by atoms with van der Waals surface area (Å²) in [6.45, 7) is 7.19. The van der Waals surface area contributed by atoms with Gasteiger partial charge in [-0.05, 0) is 67.6 Å². The van der Waals surface area contributed by atoms with Gasteiger partial charge in [-0.25, -0.2) is 4.79 Å². The molecule has 1 spiro atoms. The highest BCUT2D eigenvalue weighted by molar-refractivity contribution is 9.10. The van der Waals surface area contributed by atoms with Crippen LogP contribution in [-0.2, 0) is 16.6 Å². The van der Waals surface area contributed by atoms with Gasteiger partial charge in [-0.15, -0.1) is 0 Å². The van der Waals surface area contributed by atoms with E-state index in [1.165, 1.54) is 11.3 Å². The number of aromatic nitrogens is 1. The average Bonchev–Trinajstić information content (AvgIpc) is 2.94. The third-order valence-electron chi connectivity index (χ3n) is 4.31. The molecule has 3 rings (SSSR count). The zero-order valence-corrected chi connectivity index (χ0v) is 14.4. The summed E-state index contributed by atoms with van der Waals surface area (Å²) in [5.41, 5.74) is 2.09. The second-order valence-electron chi connectivity index (χ2n) is 7.09. The van der Waals surface area contributed by atoms with Gasteiger partial charge in [0.15, 0.2) is 0 Å². The zero-order chi connectivity index (χ0) is 15.3. The van der Waals surface area contributed by atoms with Crippen LogP contribution in [0, 0.1) is 0 Å². The van der Waals surface area contributed by atoms with Gasteiger partial charge in [0.25, 0.3) is 0 Å². The highest BCUT2D eigenvalue weighted by Gasteiger charge is 2.47. The Labute approximate surface area is 134 Å². The van der Waals surface area contributed by atoms with Crippen LogP contribution >= 0.6 is 15.9 Å². The molecule has 0 radical (unpaired) electrons. The minimum absolute atomic E-state index is 0.0347. The van der Waals surface area contributed by atoms with Gasteiger partial charge in [0.05, 0.1) is 5.69 Å². The first-order valence-electron chi connectivity index (χ1n) is 7.42. The number of pyridine rings is 1. The van der Waals surface area contributed by atoms with Crippen LogP contribution in [0.2, 0.25) is 0 Å².